The van der Waals surface area contributed by atoms with Crippen LogP contribution in [-0.2, 0) is 4.74 Å². The van der Waals surface area contributed by atoms with Crippen molar-refractivity contribution >= 4 is 18.4 Å². The molecule has 0 spiro atoms. The third-order valence-corrected chi connectivity index (χ3v) is 23.7. The van der Waals surface area contributed by atoms with Crippen molar-refractivity contribution in [3.8, 4) is 0 Å². The van der Waals surface area contributed by atoms with Gasteiger partial charge in [0.2, 0.25) is 0 Å². The summed E-state index contributed by atoms with van der Waals surface area (Å²) in [5.41, 5.74) is 1.69. The summed E-state index contributed by atoms with van der Waals surface area (Å²) in [7, 11) is 0. The number of ether oxygens (including phenoxy) is 1. The summed E-state index contributed by atoms with van der Waals surface area (Å²) in [4.78, 5) is 2.64. The van der Waals surface area contributed by atoms with Crippen LogP contribution in [0.4, 0.5) is 0 Å². The zero-order chi connectivity index (χ0) is 17.3. The molecule has 0 N–H and O–H groups in total. The van der Waals surface area contributed by atoms with Crippen LogP contribution in [0.2, 0.25) is 17.2 Å². The summed E-state index contributed by atoms with van der Waals surface area (Å²) in [5, 5.41) is 0. The van der Waals surface area contributed by atoms with Crippen LogP contribution in [0.5, 0.6) is 0 Å². The van der Waals surface area contributed by atoms with E-state index < -0.39 is 18.4 Å². The van der Waals surface area contributed by atoms with Gasteiger partial charge in [-0.2, -0.15) is 0 Å². The van der Waals surface area contributed by atoms with Crippen LogP contribution >= 0.6 is 0 Å². The van der Waals surface area contributed by atoms with Crippen LogP contribution in [0.15, 0.2) is 11.8 Å². The van der Waals surface area contributed by atoms with Crippen molar-refractivity contribution in [2.75, 3.05) is 26.3 Å². The van der Waals surface area contributed by atoms with Gasteiger partial charge < -0.3 is 0 Å². The normalized spacial score (nSPS) is 22.0. The molecule has 0 aromatic rings. The van der Waals surface area contributed by atoms with E-state index in [0.717, 1.165) is 30.2 Å². The van der Waals surface area contributed by atoms with E-state index in [1.807, 2.05) is 0 Å². The van der Waals surface area contributed by atoms with Crippen molar-refractivity contribution in [3.05, 3.63) is 11.8 Å². The fourth-order valence-electron chi connectivity index (χ4n) is 4.82. The van der Waals surface area contributed by atoms with Crippen LogP contribution in [0, 0.1) is 0 Å². The molecular weight excluding hydrogens is 401 g/mol. The Kier molecular flexibility index (Phi) is 9.54. The summed E-state index contributed by atoms with van der Waals surface area (Å²) in [6, 6.07) is 0. The summed E-state index contributed by atoms with van der Waals surface area (Å²) < 4.78 is 11.6. The Labute approximate surface area is 155 Å². The molecule has 2 rings (SSSR count). The molecule has 1 heterocycles. The topological polar surface area (TPSA) is 12.5 Å². The van der Waals surface area contributed by atoms with E-state index in [1.54, 1.807) is 19.0 Å². The summed E-state index contributed by atoms with van der Waals surface area (Å²) in [6.45, 7) is 11.3. The average molecular weight is 442 g/mol. The molecular formula is C21H41NOSn. The number of unbranched alkanes of at least 4 members (excludes halogenated alkanes) is 3. The molecule has 0 amide bonds. The maximum absolute atomic E-state index is 5.56. The number of allylic oxidation sites excluding steroid dienone is 2. The van der Waals surface area contributed by atoms with Gasteiger partial charge in [-0.25, -0.2) is 0 Å². The average Bonchev–Trinajstić information content (AvgIpc) is 3.13. The molecule has 1 saturated heterocycles. The van der Waals surface area contributed by atoms with Gasteiger partial charge in [0.05, 0.1) is 0 Å². The van der Waals surface area contributed by atoms with Gasteiger partial charge in [0, 0.05) is 0 Å². The third kappa shape index (κ3) is 5.65. The zero-order valence-corrected chi connectivity index (χ0v) is 19.5. The molecule has 24 heavy (non-hydrogen) atoms. The van der Waals surface area contributed by atoms with Gasteiger partial charge in [-0.1, -0.05) is 0 Å². The Bertz CT molecular complexity index is 354. The minimum atomic E-state index is -2.06. The van der Waals surface area contributed by atoms with Crippen LogP contribution in [0.1, 0.15) is 72.1 Å². The van der Waals surface area contributed by atoms with Crippen molar-refractivity contribution in [2.24, 2.45) is 0 Å². The van der Waals surface area contributed by atoms with Gasteiger partial charge in [0.15, 0.2) is 0 Å². The van der Waals surface area contributed by atoms with Crippen LogP contribution in [0.3, 0.4) is 0 Å². The molecule has 1 fully saturated rings. The molecule has 1 aliphatic carbocycles. The second-order valence-corrected chi connectivity index (χ2v) is 22.3. The van der Waals surface area contributed by atoms with Crippen molar-refractivity contribution in [3.63, 3.8) is 0 Å². The molecule has 2 aliphatic rings. The first kappa shape index (κ1) is 20.6. The Hall–Kier alpha value is 0.299. The molecule has 1 unspecified atom stereocenters. The van der Waals surface area contributed by atoms with Crippen LogP contribution in [0.25, 0.3) is 0 Å². The predicted molar refractivity (Wildman–Crippen MR) is 108 cm³/mol. The van der Waals surface area contributed by atoms with E-state index in [1.165, 1.54) is 51.4 Å². The molecule has 0 bridgehead atoms. The Morgan fingerprint density at radius 3 is 2.00 bits per heavy atom. The standard InChI is InChI=1S/C9H14NO.3C4H9.Sn/c1-2-4-9(3-1)10-5-7-11-8-6-10;3*1-3-4-2;/h1,3H,2,4-8H2;3*1,3-4H2,2H3;. The molecule has 3 heteroatoms. The van der Waals surface area contributed by atoms with Crippen LogP contribution in [-0.4, -0.2) is 49.6 Å². The number of rotatable bonds is 11. The van der Waals surface area contributed by atoms with E-state index in [2.05, 4.69) is 31.7 Å². The van der Waals surface area contributed by atoms with Crippen molar-refractivity contribution < 1.29 is 4.74 Å². The fourth-order valence-corrected chi connectivity index (χ4v) is 22.9. The van der Waals surface area contributed by atoms with E-state index in [0.29, 0.717) is 0 Å². The van der Waals surface area contributed by atoms with Crippen molar-refractivity contribution in [1.82, 2.24) is 4.90 Å². The summed E-state index contributed by atoms with van der Waals surface area (Å²) >= 11 is -2.06. The van der Waals surface area contributed by atoms with E-state index in [4.69, 9.17) is 4.74 Å². The zero-order valence-electron chi connectivity index (χ0n) is 16.6. The molecule has 0 saturated carbocycles. The summed E-state index contributed by atoms with van der Waals surface area (Å²) in [5.74, 6) is 0. The predicted octanol–water partition coefficient (Wildman–Crippen LogP) is 6.22. The van der Waals surface area contributed by atoms with Crippen LogP contribution < -0.4 is 0 Å². The fraction of sp³-hybridized carbons (Fsp3) is 0.905. The van der Waals surface area contributed by atoms with E-state index in [9.17, 15) is 0 Å². The van der Waals surface area contributed by atoms with E-state index in [-0.39, 0.29) is 0 Å². The Balaban J connectivity index is 2.12. The first-order valence-corrected chi connectivity index (χ1v) is 18.5. The summed E-state index contributed by atoms with van der Waals surface area (Å²) in [6.07, 6.45) is 14.3. The number of morpholine rings is 1. The van der Waals surface area contributed by atoms with Crippen molar-refractivity contribution in [1.29, 1.82) is 0 Å². The van der Waals surface area contributed by atoms with Crippen molar-refractivity contribution in [2.45, 2.75) is 89.4 Å². The minimum absolute atomic E-state index is 0.929. The SMILES string of the molecule is CCC[CH2][Sn]([CH2]CCC)([CH2]CCC)[CH]1C=C(N2CCOCC2)CC1. The van der Waals surface area contributed by atoms with Gasteiger partial charge in [-0.05, 0) is 0 Å². The second kappa shape index (κ2) is 11.1. The number of nitrogens with zero attached hydrogens (tertiary/aromatic N) is 1. The Morgan fingerprint density at radius 1 is 0.958 bits per heavy atom. The molecule has 1 atom stereocenters. The second-order valence-electron chi connectivity index (χ2n) is 8.08. The maximum atomic E-state index is 5.56. The number of hydrogen-bond donors (Lipinski definition) is 0. The first-order chi connectivity index (χ1) is 11.8. The monoisotopic (exact) mass is 443 g/mol. The molecule has 140 valence electrons. The molecule has 0 aromatic carbocycles. The van der Waals surface area contributed by atoms with Gasteiger partial charge >= 0.3 is 155 Å². The molecule has 0 aromatic heterocycles. The number of hydrogen-bond acceptors (Lipinski definition) is 2. The molecule has 2 nitrogen and oxygen atoms in total. The van der Waals surface area contributed by atoms with Gasteiger partial charge in [0.1, 0.15) is 0 Å². The van der Waals surface area contributed by atoms with E-state index >= 15 is 0 Å². The van der Waals surface area contributed by atoms with Gasteiger partial charge in [-0.15, -0.1) is 0 Å². The third-order valence-electron chi connectivity index (χ3n) is 6.39. The van der Waals surface area contributed by atoms with Gasteiger partial charge in [0.25, 0.3) is 0 Å². The first-order valence-electron chi connectivity index (χ1n) is 10.8. The quantitative estimate of drug-likeness (QED) is 0.353. The molecule has 0 radical (unpaired) electrons. The Morgan fingerprint density at radius 2 is 1.50 bits per heavy atom. The van der Waals surface area contributed by atoms with Gasteiger partial charge in [-0.3, -0.25) is 0 Å². The molecule has 1 aliphatic heterocycles.